The number of nitrogens with zero attached hydrogens (tertiary/aromatic N) is 2. The number of allylic oxidation sites excluding steroid dienone is 1. The fourth-order valence-electron chi connectivity index (χ4n) is 1.61. The average Bonchev–Trinajstić information content (AvgIpc) is 2.47. The number of hydrogen-bond acceptors (Lipinski definition) is 3. The molecule has 0 saturated carbocycles. The van der Waals surface area contributed by atoms with Crippen LogP contribution in [0.5, 0.6) is 0 Å². The van der Waals surface area contributed by atoms with Gasteiger partial charge in [-0.2, -0.15) is 5.10 Å². The van der Waals surface area contributed by atoms with Crippen LogP contribution in [-0.4, -0.2) is 30.0 Å². The van der Waals surface area contributed by atoms with E-state index in [1.165, 1.54) is 5.71 Å². The predicted molar refractivity (Wildman–Crippen MR) is 54.5 cm³/mol. The molecule has 2 aliphatic heterocycles. The van der Waals surface area contributed by atoms with Gasteiger partial charge in [-0.25, -0.2) is 0 Å². The second kappa shape index (κ2) is 2.84. The second-order valence-electron chi connectivity index (χ2n) is 4.66. The maximum absolute atomic E-state index is 4.62. The third-order valence-corrected chi connectivity index (χ3v) is 2.46. The molecule has 13 heavy (non-hydrogen) atoms. The monoisotopic (exact) mass is 179 g/mol. The lowest BCUT2D eigenvalue weighted by Gasteiger charge is -2.28. The molecule has 1 atom stereocenters. The highest BCUT2D eigenvalue weighted by molar-refractivity contribution is 5.99. The molecular weight excluding hydrogens is 162 g/mol. The van der Waals surface area contributed by atoms with Gasteiger partial charge in [0, 0.05) is 12.0 Å². The Labute approximate surface area is 79.5 Å². The Morgan fingerprint density at radius 3 is 3.00 bits per heavy atom. The zero-order valence-corrected chi connectivity index (χ0v) is 8.54. The molecule has 3 heteroatoms. The topological polar surface area (TPSA) is 27.6 Å². The van der Waals surface area contributed by atoms with Gasteiger partial charge in [-0.1, -0.05) is 20.8 Å². The Kier molecular flexibility index (Phi) is 1.91. The summed E-state index contributed by atoms with van der Waals surface area (Å²) in [6.07, 6.45) is 4.67. The highest BCUT2D eigenvalue weighted by Crippen LogP contribution is 2.22. The summed E-state index contributed by atoms with van der Waals surface area (Å²) in [7, 11) is 0. The highest BCUT2D eigenvalue weighted by Gasteiger charge is 2.27. The van der Waals surface area contributed by atoms with E-state index in [0.29, 0.717) is 6.17 Å². The van der Waals surface area contributed by atoms with Gasteiger partial charge in [0.1, 0.15) is 6.17 Å². The third-order valence-electron chi connectivity index (χ3n) is 2.46. The van der Waals surface area contributed by atoms with Crippen LogP contribution in [0.15, 0.2) is 17.3 Å². The molecule has 0 aromatic heterocycles. The Morgan fingerprint density at radius 1 is 1.54 bits per heavy atom. The van der Waals surface area contributed by atoms with Crippen LogP contribution in [-0.2, 0) is 0 Å². The standard InChI is InChI=1S/C10H17N3/c1-10(2,3)8-4-5-9-11-6-7-13(9)12-8/h4-5,9,11H,6-7H2,1-3H3. The quantitative estimate of drug-likeness (QED) is 0.605. The number of hydrogen-bond donors (Lipinski definition) is 1. The molecule has 2 rings (SSSR count). The molecule has 0 spiro atoms. The molecule has 72 valence electrons. The Balaban J connectivity index is 2.20. The van der Waals surface area contributed by atoms with E-state index < -0.39 is 0 Å². The van der Waals surface area contributed by atoms with Gasteiger partial charge in [0.2, 0.25) is 0 Å². The minimum absolute atomic E-state index is 0.157. The minimum Gasteiger partial charge on any atom is -0.291 e. The van der Waals surface area contributed by atoms with Crippen LogP contribution in [0.4, 0.5) is 0 Å². The van der Waals surface area contributed by atoms with Crippen LogP contribution in [0.25, 0.3) is 0 Å². The Bertz CT molecular complexity index is 260. The second-order valence-corrected chi connectivity index (χ2v) is 4.66. The van der Waals surface area contributed by atoms with Crippen LogP contribution in [0.2, 0.25) is 0 Å². The van der Waals surface area contributed by atoms with Gasteiger partial charge < -0.3 is 0 Å². The van der Waals surface area contributed by atoms with E-state index in [0.717, 1.165) is 13.1 Å². The van der Waals surface area contributed by atoms with Gasteiger partial charge in [-0.3, -0.25) is 10.3 Å². The maximum Gasteiger partial charge on any atom is 0.116 e. The van der Waals surface area contributed by atoms with Gasteiger partial charge in [0.05, 0.1) is 12.3 Å². The molecular formula is C10H17N3. The van der Waals surface area contributed by atoms with Crippen molar-refractivity contribution in [2.24, 2.45) is 10.5 Å². The first kappa shape index (κ1) is 8.75. The van der Waals surface area contributed by atoms with Gasteiger partial charge in [0.25, 0.3) is 0 Å². The van der Waals surface area contributed by atoms with Crippen molar-refractivity contribution in [2.45, 2.75) is 26.9 Å². The highest BCUT2D eigenvalue weighted by atomic mass is 15.5. The minimum atomic E-state index is 0.157. The molecule has 0 radical (unpaired) electrons. The molecule has 0 amide bonds. The van der Waals surface area contributed by atoms with Gasteiger partial charge in [-0.15, -0.1) is 0 Å². The van der Waals surface area contributed by atoms with E-state index in [-0.39, 0.29) is 5.41 Å². The van der Waals surface area contributed by atoms with Gasteiger partial charge >= 0.3 is 0 Å². The van der Waals surface area contributed by atoms with Crippen molar-refractivity contribution in [2.75, 3.05) is 13.1 Å². The van der Waals surface area contributed by atoms with Crippen molar-refractivity contribution in [3.8, 4) is 0 Å². The molecule has 0 aromatic carbocycles. The molecule has 1 N–H and O–H groups in total. The summed E-state index contributed by atoms with van der Waals surface area (Å²) in [5, 5.41) is 10.1. The van der Waals surface area contributed by atoms with E-state index >= 15 is 0 Å². The fraction of sp³-hybridized carbons (Fsp3) is 0.700. The Hall–Kier alpha value is -0.830. The largest absolute Gasteiger partial charge is 0.291 e. The fourth-order valence-corrected chi connectivity index (χ4v) is 1.61. The number of fused-ring (bicyclic) bond motifs is 1. The van der Waals surface area contributed by atoms with Crippen molar-refractivity contribution in [3.05, 3.63) is 12.2 Å². The Morgan fingerprint density at radius 2 is 2.31 bits per heavy atom. The van der Waals surface area contributed by atoms with Crippen LogP contribution in [0.1, 0.15) is 20.8 Å². The summed E-state index contributed by atoms with van der Waals surface area (Å²) >= 11 is 0. The van der Waals surface area contributed by atoms with Crippen LogP contribution in [0.3, 0.4) is 0 Å². The summed E-state index contributed by atoms with van der Waals surface area (Å²) in [4.78, 5) is 0. The molecule has 0 bridgehead atoms. The summed E-state index contributed by atoms with van der Waals surface area (Å²) in [6, 6.07) is 0. The average molecular weight is 179 g/mol. The molecule has 1 fully saturated rings. The summed E-state index contributed by atoms with van der Waals surface area (Å²) in [5.74, 6) is 0. The summed E-state index contributed by atoms with van der Waals surface area (Å²) in [6.45, 7) is 8.64. The smallest absolute Gasteiger partial charge is 0.116 e. The SMILES string of the molecule is CC(C)(C)C1=NN2CCNC2C=C1. The van der Waals surface area contributed by atoms with Gasteiger partial charge in [-0.05, 0) is 12.2 Å². The zero-order chi connectivity index (χ0) is 9.47. The van der Waals surface area contributed by atoms with E-state index in [1.54, 1.807) is 0 Å². The van der Waals surface area contributed by atoms with Gasteiger partial charge in [0.15, 0.2) is 0 Å². The van der Waals surface area contributed by atoms with Crippen LogP contribution in [0, 0.1) is 5.41 Å². The molecule has 1 saturated heterocycles. The maximum atomic E-state index is 4.62. The molecule has 2 aliphatic rings. The van der Waals surface area contributed by atoms with Crippen LogP contribution >= 0.6 is 0 Å². The van der Waals surface area contributed by atoms with Crippen LogP contribution < -0.4 is 5.32 Å². The number of hydrazone groups is 1. The van der Waals surface area contributed by atoms with Crippen molar-refractivity contribution < 1.29 is 0 Å². The first-order chi connectivity index (χ1) is 6.07. The molecule has 0 aromatic rings. The van der Waals surface area contributed by atoms with Crippen molar-refractivity contribution in [1.82, 2.24) is 10.3 Å². The van der Waals surface area contributed by atoms with E-state index in [4.69, 9.17) is 0 Å². The van der Waals surface area contributed by atoms with E-state index in [1.807, 2.05) is 0 Å². The number of rotatable bonds is 0. The normalized spacial score (nSPS) is 27.5. The first-order valence-electron chi connectivity index (χ1n) is 4.85. The lowest BCUT2D eigenvalue weighted by molar-refractivity contribution is 0.287. The van der Waals surface area contributed by atoms with Crippen molar-refractivity contribution >= 4 is 5.71 Å². The zero-order valence-electron chi connectivity index (χ0n) is 8.54. The van der Waals surface area contributed by atoms with E-state index in [9.17, 15) is 0 Å². The molecule has 3 nitrogen and oxygen atoms in total. The molecule has 0 aliphatic carbocycles. The van der Waals surface area contributed by atoms with E-state index in [2.05, 4.69) is 48.4 Å². The first-order valence-corrected chi connectivity index (χ1v) is 4.85. The molecule has 1 unspecified atom stereocenters. The molecule has 2 heterocycles. The van der Waals surface area contributed by atoms with Crippen molar-refractivity contribution in [3.63, 3.8) is 0 Å². The predicted octanol–water partition coefficient (Wildman–Crippen LogP) is 1.19. The summed E-state index contributed by atoms with van der Waals surface area (Å²) < 4.78 is 0. The third kappa shape index (κ3) is 1.61. The number of nitrogens with one attached hydrogen (secondary N) is 1. The lowest BCUT2D eigenvalue weighted by atomic mass is 9.89. The summed E-state index contributed by atoms with van der Waals surface area (Å²) in [5.41, 5.74) is 1.33. The lowest BCUT2D eigenvalue weighted by Crippen LogP contribution is -2.36. The van der Waals surface area contributed by atoms with Crippen molar-refractivity contribution in [1.29, 1.82) is 0 Å².